The normalized spacial score (nSPS) is 9.93. The first-order chi connectivity index (χ1) is 7.08. The molecule has 0 amide bonds. The first-order valence-corrected chi connectivity index (χ1v) is 4.87. The van der Waals surface area contributed by atoms with Crippen molar-refractivity contribution in [2.75, 3.05) is 0 Å². The van der Waals surface area contributed by atoms with Crippen LogP contribution in [0.25, 0.3) is 0 Å². The molecule has 0 radical (unpaired) electrons. The minimum Gasteiger partial charge on any atom is -0.481 e. The molecule has 0 aliphatic heterocycles. The fourth-order valence-electron chi connectivity index (χ4n) is 1.30. The first kappa shape index (κ1) is 11.4. The molecular weight excluding hydrogens is 192 g/mol. The van der Waals surface area contributed by atoms with Crippen molar-refractivity contribution < 1.29 is 14.7 Å². The van der Waals surface area contributed by atoms with E-state index in [1.54, 1.807) is 0 Å². The summed E-state index contributed by atoms with van der Waals surface area (Å²) in [5.41, 5.74) is 2.25. The van der Waals surface area contributed by atoms with Gasteiger partial charge in [0.1, 0.15) is 12.2 Å². The van der Waals surface area contributed by atoms with E-state index in [0.717, 1.165) is 5.56 Å². The van der Waals surface area contributed by atoms with Crippen LogP contribution in [0.3, 0.4) is 0 Å². The topological polar surface area (TPSA) is 54.4 Å². The van der Waals surface area contributed by atoms with Crippen molar-refractivity contribution in [1.29, 1.82) is 0 Å². The zero-order chi connectivity index (χ0) is 11.3. The molecule has 80 valence electrons. The molecule has 0 fully saturated rings. The standard InChI is InChI=1S/C12H14O3/c1-9-2-4-10(5-3-9)6-7-11(13)8-12(14)15/h2-5H,6-8H2,1H3,(H,14,15). The molecule has 1 aromatic rings. The highest BCUT2D eigenvalue weighted by molar-refractivity contribution is 5.94. The van der Waals surface area contributed by atoms with E-state index in [-0.39, 0.29) is 12.2 Å². The highest BCUT2D eigenvalue weighted by Gasteiger charge is 2.07. The van der Waals surface area contributed by atoms with Crippen LogP contribution < -0.4 is 0 Å². The van der Waals surface area contributed by atoms with Crippen molar-refractivity contribution in [3.05, 3.63) is 35.4 Å². The highest BCUT2D eigenvalue weighted by atomic mass is 16.4. The van der Waals surface area contributed by atoms with Crippen LogP contribution in [0.1, 0.15) is 24.0 Å². The highest BCUT2D eigenvalue weighted by Crippen LogP contribution is 2.06. The lowest BCUT2D eigenvalue weighted by atomic mass is 10.1. The summed E-state index contributed by atoms with van der Waals surface area (Å²) < 4.78 is 0. The Morgan fingerprint density at radius 1 is 1.20 bits per heavy atom. The summed E-state index contributed by atoms with van der Waals surface area (Å²) in [5.74, 6) is -1.27. The number of hydrogen-bond donors (Lipinski definition) is 1. The fraction of sp³-hybridized carbons (Fsp3) is 0.333. The number of carbonyl (C=O) groups excluding carboxylic acids is 1. The van der Waals surface area contributed by atoms with Crippen LogP contribution in [0.15, 0.2) is 24.3 Å². The third-order valence-electron chi connectivity index (χ3n) is 2.16. The Morgan fingerprint density at radius 2 is 1.80 bits per heavy atom. The van der Waals surface area contributed by atoms with E-state index in [0.29, 0.717) is 12.8 Å². The van der Waals surface area contributed by atoms with Gasteiger partial charge in [-0.05, 0) is 18.9 Å². The number of hydrogen-bond acceptors (Lipinski definition) is 2. The maximum Gasteiger partial charge on any atom is 0.310 e. The van der Waals surface area contributed by atoms with Crippen molar-refractivity contribution in [1.82, 2.24) is 0 Å². The van der Waals surface area contributed by atoms with Crippen LogP contribution in [0.5, 0.6) is 0 Å². The molecule has 0 aliphatic rings. The van der Waals surface area contributed by atoms with Gasteiger partial charge in [0.25, 0.3) is 0 Å². The summed E-state index contributed by atoms with van der Waals surface area (Å²) in [6.45, 7) is 2.00. The maximum absolute atomic E-state index is 11.1. The van der Waals surface area contributed by atoms with Gasteiger partial charge in [0.2, 0.25) is 0 Å². The summed E-state index contributed by atoms with van der Waals surface area (Å²) in [7, 11) is 0. The molecule has 0 aliphatic carbocycles. The molecule has 0 spiro atoms. The van der Waals surface area contributed by atoms with Gasteiger partial charge in [-0.1, -0.05) is 29.8 Å². The average molecular weight is 206 g/mol. The number of ketones is 1. The van der Waals surface area contributed by atoms with Gasteiger partial charge in [0, 0.05) is 6.42 Å². The molecule has 0 aromatic heterocycles. The van der Waals surface area contributed by atoms with E-state index in [1.807, 2.05) is 31.2 Å². The lowest BCUT2D eigenvalue weighted by molar-refractivity contribution is -0.140. The molecule has 1 rings (SSSR count). The molecule has 3 nitrogen and oxygen atoms in total. The number of benzene rings is 1. The van der Waals surface area contributed by atoms with Gasteiger partial charge in [-0.2, -0.15) is 0 Å². The van der Waals surface area contributed by atoms with Crippen molar-refractivity contribution in [3.8, 4) is 0 Å². The Balaban J connectivity index is 2.40. The molecule has 0 heterocycles. The minimum atomic E-state index is -1.05. The van der Waals surface area contributed by atoms with Gasteiger partial charge >= 0.3 is 5.97 Å². The second-order valence-corrected chi connectivity index (χ2v) is 3.59. The minimum absolute atomic E-state index is 0.219. The summed E-state index contributed by atoms with van der Waals surface area (Å²) in [5, 5.41) is 8.40. The van der Waals surface area contributed by atoms with Crippen LogP contribution in [0, 0.1) is 6.92 Å². The van der Waals surface area contributed by atoms with Crippen molar-refractivity contribution in [2.45, 2.75) is 26.2 Å². The van der Waals surface area contributed by atoms with Gasteiger partial charge in [0.15, 0.2) is 0 Å². The fourth-order valence-corrected chi connectivity index (χ4v) is 1.30. The summed E-state index contributed by atoms with van der Waals surface area (Å²) in [6, 6.07) is 7.89. The quantitative estimate of drug-likeness (QED) is 0.749. The van der Waals surface area contributed by atoms with Crippen molar-refractivity contribution in [2.24, 2.45) is 0 Å². The smallest absolute Gasteiger partial charge is 0.310 e. The van der Waals surface area contributed by atoms with Gasteiger partial charge in [-0.3, -0.25) is 9.59 Å². The number of Topliss-reactive ketones (excluding diaryl/α,β-unsaturated/α-hetero) is 1. The zero-order valence-corrected chi connectivity index (χ0v) is 8.69. The lowest BCUT2D eigenvalue weighted by Gasteiger charge is -2.00. The second-order valence-electron chi connectivity index (χ2n) is 3.59. The van der Waals surface area contributed by atoms with E-state index in [2.05, 4.69) is 0 Å². The zero-order valence-electron chi connectivity index (χ0n) is 8.69. The van der Waals surface area contributed by atoms with Crippen LogP contribution in [0.2, 0.25) is 0 Å². The molecule has 3 heteroatoms. The van der Waals surface area contributed by atoms with Crippen molar-refractivity contribution >= 4 is 11.8 Å². The number of carbonyl (C=O) groups is 2. The van der Waals surface area contributed by atoms with E-state index in [1.165, 1.54) is 5.56 Å². The Labute approximate surface area is 88.7 Å². The maximum atomic E-state index is 11.1. The third-order valence-corrected chi connectivity index (χ3v) is 2.16. The molecule has 1 aromatic carbocycles. The first-order valence-electron chi connectivity index (χ1n) is 4.87. The monoisotopic (exact) mass is 206 g/mol. The summed E-state index contributed by atoms with van der Waals surface area (Å²) in [6.07, 6.45) is 0.549. The number of rotatable bonds is 5. The Morgan fingerprint density at radius 3 is 2.33 bits per heavy atom. The predicted octanol–water partition coefficient (Wildman–Crippen LogP) is 1.97. The Bertz CT molecular complexity index is 352. The van der Waals surface area contributed by atoms with Crippen LogP contribution >= 0.6 is 0 Å². The number of aryl methyl sites for hydroxylation is 2. The molecule has 0 saturated heterocycles. The van der Waals surface area contributed by atoms with E-state index in [9.17, 15) is 9.59 Å². The van der Waals surface area contributed by atoms with E-state index >= 15 is 0 Å². The summed E-state index contributed by atoms with van der Waals surface area (Å²) >= 11 is 0. The third kappa shape index (κ3) is 4.40. The molecule has 0 bridgehead atoms. The number of aliphatic carboxylic acids is 1. The molecule has 15 heavy (non-hydrogen) atoms. The van der Waals surface area contributed by atoms with E-state index in [4.69, 9.17) is 5.11 Å². The Hall–Kier alpha value is -1.64. The van der Waals surface area contributed by atoms with E-state index < -0.39 is 5.97 Å². The van der Waals surface area contributed by atoms with Gasteiger partial charge in [-0.15, -0.1) is 0 Å². The molecule has 0 saturated carbocycles. The molecule has 1 N–H and O–H groups in total. The second kappa shape index (κ2) is 5.29. The van der Waals surface area contributed by atoms with Gasteiger partial charge in [-0.25, -0.2) is 0 Å². The largest absolute Gasteiger partial charge is 0.481 e. The summed E-state index contributed by atoms with van der Waals surface area (Å²) in [4.78, 5) is 21.4. The SMILES string of the molecule is Cc1ccc(CCC(=O)CC(=O)O)cc1. The Kier molecular flexibility index (Phi) is 4.03. The predicted molar refractivity (Wildman–Crippen MR) is 56.8 cm³/mol. The van der Waals surface area contributed by atoms with Gasteiger partial charge in [0.05, 0.1) is 0 Å². The van der Waals surface area contributed by atoms with Crippen molar-refractivity contribution in [3.63, 3.8) is 0 Å². The molecule has 0 atom stereocenters. The molecular formula is C12H14O3. The van der Waals surface area contributed by atoms with Crippen LogP contribution in [0.4, 0.5) is 0 Å². The van der Waals surface area contributed by atoms with Crippen LogP contribution in [-0.4, -0.2) is 16.9 Å². The molecule has 0 unspecified atom stereocenters. The van der Waals surface area contributed by atoms with Gasteiger partial charge < -0.3 is 5.11 Å². The average Bonchev–Trinajstić information content (AvgIpc) is 2.16. The number of carboxylic acid groups (broad SMARTS) is 1. The number of carboxylic acids is 1. The lowest BCUT2D eigenvalue weighted by Crippen LogP contribution is -2.07. The van der Waals surface area contributed by atoms with Crippen LogP contribution in [-0.2, 0) is 16.0 Å².